The van der Waals surface area contributed by atoms with Gasteiger partial charge in [0.2, 0.25) is 0 Å². The van der Waals surface area contributed by atoms with E-state index in [1.807, 2.05) is 14.7 Å². The number of hydrogen-bond donors (Lipinski definition) is 1. The maximum Gasteiger partial charge on any atom is 0.320 e. The molecular weight excluding hydrogens is 374 g/mol. The number of ether oxygens (including phenoxy) is 1. The Hall–Kier alpha value is -3.27. The minimum atomic E-state index is -0.362. The number of rotatable bonds is 3. The predicted molar refractivity (Wildman–Crippen MR) is 106 cm³/mol. The molecule has 152 valence electrons. The first-order valence-corrected chi connectivity index (χ1v) is 9.62. The van der Waals surface area contributed by atoms with E-state index in [2.05, 4.69) is 20.3 Å². The molecule has 2 saturated heterocycles. The van der Waals surface area contributed by atoms with Gasteiger partial charge in [-0.2, -0.15) is 0 Å². The summed E-state index contributed by atoms with van der Waals surface area (Å²) < 4.78 is 5.31. The van der Waals surface area contributed by atoms with Crippen LogP contribution >= 0.6 is 0 Å². The zero-order chi connectivity index (χ0) is 20.1. The van der Waals surface area contributed by atoms with Gasteiger partial charge in [0.25, 0.3) is 5.91 Å². The van der Waals surface area contributed by atoms with Crippen LogP contribution < -0.4 is 10.2 Å². The van der Waals surface area contributed by atoms with E-state index in [1.165, 1.54) is 6.20 Å². The lowest BCUT2D eigenvalue weighted by Gasteiger charge is -2.38. The minimum Gasteiger partial charge on any atom is -0.378 e. The molecule has 2 aromatic heterocycles. The number of carbonyl (C=O) groups is 2. The molecule has 10 nitrogen and oxygen atoms in total. The monoisotopic (exact) mass is 397 g/mol. The van der Waals surface area contributed by atoms with Crippen molar-refractivity contribution < 1.29 is 14.3 Å². The standard InChI is InChI=1S/C19H23N7O3/c27-18(23-16-3-1-2-4-21-16)15-13-20-14-17(22-15)24-5-7-25(8-6-24)19(28)26-9-11-29-12-10-26/h1-4,13-14H,5-12H2,(H,21,23,27). The summed E-state index contributed by atoms with van der Waals surface area (Å²) in [7, 11) is 0. The molecule has 0 radical (unpaired) electrons. The van der Waals surface area contributed by atoms with Crippen LogP contribution in [0.25, 0.3) is 0 Å². The third-order valence-electron chi connectivity index (χ3n) is 4.92. The van der Waals surface area contributed by atoms with Gasteiger partial charge >= 0.3 is 6.03 Å². The number of urea groups is 1. The van der Waals surface area contributed by atoms with E-state index in [1.54, 1.807) is 30.6 Å². The lowest BCUT2D eigenvalue weighted by atomic mass is 10.3. The molecular formula is C19H23N7O3. The molecule has 2 aromatic rings. The zero-order valence-corrected chi connectivity index (χ0v) is 16.0. The van der Waals surface area contributed by atoms with E-state index in [4.69, 9.17) is 4.74 Å². The molecule has 2 fully saturated rings. The van der Waals surface area contributed by atoms with Gasteiger partial charge in [0.1, 0.15) is 17.3 Å². The Morgan fingerprint density at radius 1 is 0.966 bits per heavy atom. The van der Waals surface area contributed by atoms with Crippen LogP contribution in [0.1, 0.15) is 10.5 Å². The summed E-state index contributed by atoms with van der Waals surface area (Å²) in [5.74, 6) is 0.719. The largest absolute Gasteiger partial charge is 0.378 e. The number of anilines is 2. The Morgan fingerprint density at radius 2 is 1.72 bits per heavy atom. The molecule has 2 aliphatic rings. The highest BCUT2D eigenvalue weighted by molar-refractivity contribution is 6.02. The van der Waals surface area contributed by atoms with Gasteiger partial charge in [0.15, 0.2) is 0 Å². The van der Waals surface area contributed by atoms with Gasteiger partial charge in [-0.3, -0.25) is 9.78 Å². The Morgan fingerprint density at radius 3 is 2.45 bits per heavy atom. The number of piperazine rings is 1. The van der Waals surface area contributed by atoms with Crippen molar-refractivity contribution in [3.8, 4) is 0 Å². The molecule has 0 atom stereocenters. The van der Waals surface area contributed by atoms with Gasteiger partial charge in [-0.05, 0) is 12.1 Å². The van der Waals surface area contributed by atoms with E-state index < -0.39 is 0 Å². The second kappa shape index (κ2) is 8.82. The Labute approximate surface area is 168 Å². The van der Waals surface area contributed by atoms with Crippen LogP contribution in [0, 0.1) is 0 Å². The van der Waals surface area contributed by atoms with Crippen LogP contribution in [-0.4, -0.2) is 89.2 Å². The summed E-state index contributed by atoms with van der Waals surface area (Å²) in [6.07, 6.45) is 4.67. The highest BCUT2D eigenvalue weighted by Crippen LogP contribution is 2.15. The molecule has 29 heavy (non-hydrogen) atoms. The quantitative estimate of drug-likeness (QED) is 0.813. The van der Waals surface area contributed by atoms with Gasteiger partial charge in [-0.25, -0.2) is 14.8 Å². The van der Waals surface area contributed by atoms with Crippen LogP contribution in [0.5, 0.6) is 0 Å². The van der Waals surface area contributed by atoms with Gasteiger partial charge < -0.3 is 24.8 Å². The molecule has 0 bridgehead atoms. The molecule has 10 heteroatoms. The van der Waals surface area contributed by atoms with Crippen molar-refractivity contribution >= 4 is 23.6 Å². The molecule has 0 aliphatic carbocycles. The lowest BCUT2D eigenvalue weighted by molar-refractivity contribution is 0.0428. The number of pyridine rings is 1. The topological polar surface area (TPSA) is 104 Å². The highest BCUT2D eigenvalue weighted by atomic mass is 16.5. The number of hydrogen-bond acceptors (Lipinski definition) is 7. The van der Waals surface area contributed by atoms with Crippen molar-refractivity contribution in [2.75, 3.05) is 62.7 Å². The van der Waals surface area contributed by atoms with E-state index in [9.17, 15) is 9.59 Å². The maximum atomic E-state index is 12.6. The van der Waals surface area contributed by atoms with Crippen molar-refractivity contribution in [3.05, 3.63) is 42.5 Å². The van der Waals surface area contributed by atoms with Gasteiger partial charge in [0.05, 0.1) is 25.6 Å². The second-order valence-corrected chi connectivity index (χ2v) is 6.79. The minimum absolute atomic E-state index is 0.0579. The summed E-state index contributed by atoms with van der Waals surface area (Å²) in [5.41, 5.74) is 0.222. The van der Waals surface area contributed by atoms with Crippen LogP contribution in [-0.2, 0) is 4.74 Å². The Balaban J connectivity index is 1.35. The molecule has 2 aliphatic heterocycles. The van der Waals surface area contributed by atoms with E-state index in [0.717, 1.165) is 0 Å². The smallest absolute Gasteiger partial charge is 0.320 e. The number of amides is 3. The second-order valence-electron chi connectivity index (χ2n) is 6.79. The van der Waals surface area contributed by atoms with E-state index in [-0.39, 0.29) is 17.6 Å². The first-order valence-electron chi connectivity index (χ1n) is 9.62. The number of carbonyl (C=O) groups excluding carboxylic acids is 2. The number of nitrogens with one attached hydrogen (secondary N) is 1. The highest BCUT2D eigenvalue weighted by Gasteiger charge is 2.27. The van der Waals surface area contributed by atoms with Crippen molar-refractivity contribution in [2.24, 2.45) is 0 Å². The molecule has 4 rings (SSSR count). The van der Waals surface area contributed by atoms with Gasteiger partial charge in [0, 0.05) is 45.5 Å². The predicted octanol–water partition coefficient (Wildman–Crippen LogP) is 0.698. The Kier molecular flexibility index (Phi) is 5.80. The Bertz CT molecular complexity index is 850. The third-order valence-corrected chi connectivity index (χ3v) is 4.92. The molecule has 0 aromatic carbocycles. The summed E-state index contributed by atoms with van der Waals surface area (Å²) in [4.78, 5) is 43.4. The zero-order valence-electron chi connectivity index (χ0n) is 16.0. The first-order chi connectivity index (χ1) is 14.2. The van der Waals surface area contributed by atoms with Crippen LogP contribution in [0.2, 0.25) is 0 Å². The molecule has 1 N–H and O–H groups in total. The fourth-order valence-electron chi connectivity index (χ4n) is 3.32. The maximum absolute atomic E-state index is 12.6. The van der Waals surface area contributed by atoms with Crippen molar-refractivity contribution in [1.82, 2.24) is 24.8 Å². The third kappa shape index (κ3) is 4.60. The summed E-state index contributed by atoms with van der Waals surface area (Å²) in [5, 5.41) is 2.71. The molecule has 0 saturated carbocycles. The fourth-order valence-corrected chi connectivity index (χ4v) is 3.32. The summed E-state index contributed by atoms with van der Waals surface area (Å²) in [6.45, 7) is 4.93. The van der Waals surface area contributed by atoms with E-state index >= 15 is 0 Å². The van der Waals surface area contributed by atoms with Gasteiger partial charge in [-0.1, -0.05) is 6.07 Å². The van der Waals surface area contributed by atoms with Crippen molar-refractivity contribution in [2.45, 2.75) is 0 Å². The number of morpholine rings is 1. The summed E-state index contributed by atoms with van der Waals surface area (Å²) >= 11 is 0. The SMILES string of the molecule is O=C(Nc1ccccn1)c1cncc(N2CCN(C(=O)N3CCOCC3)CC2)n1. The van der Waals surface area contributed by atoms with Gasteiger partial charge in [-0.15, -0.1) is 0 Å². The average molecular weight is 397 g/mol. The first kappa shape index (κ1) is 19.1. The molecule has 0 unspecified atom stereocenters. The number of aromatic nitrogens is 3. The molecule has 4 heterocycles. The summed E-state index contributed by atoms with van der Waals surface area (Å²) in [6, 6.07) is 5.34. The lowest BCUT2D eigenvalue weighted by Crippen LogP contribution is -2.55. The van der Waals surface area contributed by atoms with Crippen LogP contribution in [0.4, 0.5) is 16.4 Å². The number of nitrogens with zero attached hydrogens (tertiary/aromatic N) is 6. The molecule has 3 amide bonds. The van der Waals surface area contributed by atoms with Crippen molar-refractivity contribution in [3.63, 3.8) is 0 Å². The van der Waals surface area contributed by atoms with Crippen LogP contribution in [0.15, 0.2) is 36.8 Å². The average Bonchev–Trinajstić information content (AvgIpc) is 2.80. The normalized spacial score (nSPS) is 17.2. The van der Waals surface area contributed by atoms with E-state index in [0.29, 0.717) is 64.1 Å². The fraction of sp³-hybridized carbons (Fsp3) is 0.421. The van der Waals surface area contributed by atoms with Crippen LogP contribution in [0.3, 0.4) is 0 Å². The van der Waals surface area contributed by atoms with Crippen molar-refractivity contribution in [1.29, 1.82) is 0 Å². The molecule has 0 spiro atoms.